The van der Waals surface area contributed by atoms with Gasteiger partial charge in [-0.1, -0.05) is 0 Å². The molecule has 1 fully saturated rings. The molecule has 3 heterocycles. The summed E-state index contributed by atoms with van der Waals surface area (Å²) in [4.78, 5) is 23.8. The summed E-state index contributed by atoms with van der Waals surface area (Å²) < 4.78 is 44.6. The first kappa shape index (κ1) is 22.9. The maximum absolute atomic E-state index is 13.0. The normalized spacial score (nSPS) is 18.2. The fraction of sp³-hybridized carbons (Fsp3) is 0.550. The second-order valence-corrected chi connectivity index (χ2v) is 7.59. The number of rotatable bonds is 5. The van der Waals surface area contributed by atoms with E-state index in [4.69, 9.17) is 19.1 Å². The minimum Gasteiger partial charge on any atom is -0.475 e. The summed E-state index contributed by atoms with van der Waals surface area (Å²) in [6.07, 6.45) is 1.84. The Balaban J connectivity index is 0.000000339. The summed E-state index contributed by atoms with van der Waals surface area (Å²) in [5.41, 5.74) is 3.02. The molecule has 2 aromatic heterocycles. The van der Waals surface area contributed by atoms with Gasteiger partial charge in [-0.25, -0.2) is 4.79 Å². The second kappa shape index (κ2) is 9.13. The third-order valence-electron chi connectivity index (χ3n) is 5.32. The number of carboxylic acid groups (broad SMARTS) is 1. The predicted octanol–water partition coefficient (Wildman–Crippen LogP) is 3.21. The van der Waals surface area contributed by atoms with E-state index >= 15 is 0 Å². The number of aromatic nitrogens is 2. The van der Waals surface area contributed by atoms with Crippen molar-refractivity contribution in [3.8, 4) is 0 Å². The van der Waals surface area contributed by atoms with Gasteiger partial charge in [0.1, 0.15) is 5.76 Å². The number of amides is 1. The minimum atomic E-state index is -5.08. The molecule has 1 aliphatic heterocycles. The highest BCUT2D eigenvalue weighted by Crippen LogP contribution is 2.35. The quantitative estimate of drug-likeness (QED) is 0.762. The lowest BCUT2D eigenvalue weighted by Gasteiger charge is -2.36. The topological polar surface area (TPSA) is 97.8 Å². The number of methoxy groups -OCH3 is 1. The molecule has 11 heteroatoms. The van der Waals surface area contributed by atoms with Crippen molar-refractivity contribution in [2.45, 2.75) is 44.9 Å². The van der Waals surface area contributed by atoms with Crippen molar-refractivity contribution in [3.05, 3.63) is 41.1 Å². The largest absolute Gasteiger partial charge is 0.490 e. The Morgan fingerprint density at radius 2 is 2.03 bits per heavy atom. The van der Waals surface area contributed by atoms with Crippen LogP contribution in [0.25, 0.3) is 0 Å². The summed E-state index contributed by atoms with van der Waals surface area (Å²) in [7, 11) is 1.68. The molecule has 1 unspecified atom stereocenters. The standard InChI is InChI=1S/C18H23N3O3.C2HF3O2/c1-12-15(6-8-24-12)18(22)20-7-5-14-9-19-21(10-13-3-4-13)17(14)16(20)11-23-2;3-2(4,5)1(6)7/h6,8-9,13,16H,3-5,7,10-11H2,1-2H3;(H,6,7). The molecule has 0 bridgehead atoms. The van der Waals surface area contributed by atoms with Crippen LogP contribution in [0.3, 0.4) is 0 Å². The fourth-order valence-electron chi connectivity index (χ4n) is 3.58. The summed E-state index contributed by atoms with van der Waals surface area (Å²) in [6.45, 7) is 3.93. The van der Waals surface area contributed by atoms with Crippen LogP contribution in [-0.2, 0) is 22.5 Å². The summed E-state index contributed by atoms with van der Waals surface area (Å²) in [5.74, 6) is -1.35. The molecule has 2 aliphatic rings. The number of halogens is 3. The van der Waals surface area contributed by atoms with Crippen LogP contribution in [0.2, 0.25) is 0 Å². The maximum Gasteiger partial charge on any atom is 0.490 e. The summed E-state index contributed by atoms with van der Waals surface area (Å²) in [6, 6.07) is 1.65. The lowest BCUT2D eigenvalue weighted by molar-refractivity contribution is -0.192. The number of carbonyl (C=O) groups is 2. The van der Waals surface area contributed by atoms with Gasteiger partial charge in [-0.05, 0) is 43.7 Å². The van der Waals surface area contributed by atoms with Crippen molar-refractivity contribution in [2.75, 3.05) is 20.3 Å². The van der Waals surface area contributed by atoms with E-state index in [1.54, 1.807) is 19.4 Å². The van der Waals surface area contributed by atoms with Crippen LogP contribution in [0.1, 0.15) is 46.3 Å². The van der Waals surface area contributed by atoms with Crippen LogP contribution in [-0.4, -0.2) is 58.1 Å². The van der Waals surface area contributed by atoms with E-state index in [9.17, 15) is 18.0 Å². The zero-order valence-electron chi connectivity index (χ0n) is 17.2. The molecule has 1 N–H and O–H groups in total. The molecule has 1 saturated carbocycles. The molecule has 1 aliphatic carbocycles. The monoisotopic (exact) mass is 443 g/mol. The molecule has 1 amide bonds. The molecule has 1 atom stereocenters. The average Bonchev–Trinajstić information content (AvgIpc) is 3.26. The number of hydrogen-bond donors (Lipinski definition) is 1. The average molecular weight is 443 g/mol. The van der Waals surface area contributed by atoms with Crippen molar-refractivity contribution in [1.29, 1.82) is 0 Å². The van der Waals surface area contributed by atoms with Crippen molar-refractivity contribution in [2.24, 2.45) is 5.92 Å². The zero-order chi connectivity index (χ0) is 22.8. The molecule has 4 rings (SSSR count). The van der Waals surface area contributed by atoms with Gasteiger partial charge in [-0.2, -0.15) is 18.3 Å². The predicted molar refractivity (Wildman–Crippen MR) is 101 cm³/mol. The van der Waals surface area contributed by atoms with Crippen LogP contribution >= 0.6 is 0 Å². The van der Waals surface area contributed by atoms with E-state index in [-0.39, 0.29) is 11.9 Å². The molecule has 0 saturated heterocycles. The van der Waals surface area contributed by atoms with E-state index in [0.29, 0.717) is 24.5 Å². The van der Waals surface area contributed by atoms with Crippen LogP contribution in [0.15, 0.2) is 22.9 Å². The number of aliphatic carboxylic acids is 1. The van der Waals surface area contributed by atoms with Gasteiger partial charge in [0.05, 0.1) is 36.4 Å². The van der Waals surface area contributed by atoms with Gasteiger partial charge in [0.2, 0.25) is 0 Å². The van der Waals surface area contributed by atoms with Gasteiger partial charge in [-0.15, -0.1) is 0 Å². The number of alkyl halides is 3. The van der Waals surface area contributed by atoms with Crippen LogP contribution < -0.4 is 0 Å². The van der Waals surface area contributed by atoms with Crippen molar-refractivity contribution >= 4 is 11.9 Å². The first-order valence-corrected chi connectivity index (χ1v) is 9.82. The Bertz CT molecular complexity index is 933. The Hall–Kier alpha value is -2.82. The number of carboxylic acids is 1. The number of furan rings is 1. The number of hydrogen-bond acceptors (Lipinski definition) is 5. The molecule has 0 aromatic carbocycles. The van der Waals surface area contributed by atoms with Gasteiger partial charge < -0.3 is 19.2 Å². The zero-order valence-corrected chi connectivity index (χ0v) is 17.2. The maximum atomic E-state index is 13.0. The SMILES string of the molecule is COCC1c2c(cnn2CC2CC2)CCN1C(=O)c1ccoc1C.O=C(O)C(F)(F)F. The highest BCUT2D eigenvalue weighted by molar-refractivity contribution is 5.95. The molecule has 0 radical (unpaired) electrons. The van der Waals surface area contributed by atoms with Crippen molar-refractivity contribution in [1.82, 2.24) is 14.7 Å². The van der Waals surface area contributed by atoms with Gasteiger partial charge in [0, 0.05) is 20.2 Å². The molecule has 170 valence electrons. The third-order valence-corrected chi connectivity index (χ3v) is 5.32. The first-order chi connectivity index (χ1) is 14.6. The Morgan fingerprint density at radius 1 is 1.35 bits per heavy atom. The van der Waals surface area contributed by atoms with E-state index in [2.05, 4.69) is 9.78 Å². The van der Waals surface area contributed by atoms with Gasteiger partial charge in [0.15, 0.2) is 0 Å². The minimum absolute atomic E-state index is 0.00752. The highest BCUT2D eigenvalue weighted by Gasteiger charge is 2.38. The van der Waals surface area contributed by atoms with Crippen LogP contribution in [0.5, 0.6) is 0 Å². The van der Waals surface area contributed by atoms with Crippen LogP contribution in [0, 0.1) is 12.8 Å². The van der Waals surface area contributed by atoms with Crippen LogP contribution in [0.4, 0.5) is 13.2 Å². The number of ether oxygens (including phenoxy) is 1. The number of fused-ring (bicyclic) bond motifs is 1. The Morgan fingerprint density at radius 3 is 2.55 bits per heavy atom. The highest BCUT2D eigenvalue weighted by atomic mass is 19.4. The van der Waals surface area contributed by atoms with E-state index in [0.717, 1.165) is 24.6 Å². The van der Waals surface area contributed by atoms with E-state index in [1.165, 1.54) is 18.4 Å². The van der Waals surface area contributed by atoms with Crippen molar-refractivity contribution < 1.29 is 37.0 Å². The lowest BCUT2D eigenvalue weighted by atomic mass is 9.99. The Labute approximate surface area is 176 Å². The molecular weight excluding hydrogens is 419 g/mol. The molecule has 0 spiro atoms. The van der Waals surface area contributed by atoms with E-state index < -0.39 is 12.1 Å². The number of carbonyl (C=O) groups excluding carboxylic acids is 1. The number of aryl methyl sites for hydroxylation is 1. The summed E-state index contributed by atoms with van der Waals surface area (Å²) in [5, 5.41) is 11.7. The molecule has 31 heavy (non-hydrogen) atoms. The van der Waals surface area contributed by atoms with Gasteiger partial charge in [0.25, 0.3) is 5.91 Å². The van der Waals surface area contributed by atoms with Gasteiger partial charge in [-0.3, -0.25) is 9.48 Å². The molecule has 8 nitrogen and oxygen atoms in total. The summed E-state index contributed by atoms with van der Waals surface area (Å²) >= 11 is 0. The smallest absolute Gasteiger partial charge is 0.475 e. The first-order valence-electron chi connectivity index (χ1n) is 9.82. The van der Waals surface area contributed by atoms with Gasteiger partial charge >= 0.3 is 12.1 Å². The second-order valence-electron chi connectivity index (χ2n) is 7.59. The lowest BCUT2D eigenvalue weighted by Crippen LogP contribution is -2.43. The molecular formula is C20H24F3N3O5. The molecule has 2 aromatic rings. The van der Waals surface area contributed by atoms with E-state index in [1.807, 2.05) is 18.0 Å². The fourth-order valence-corrected chi connectivity index (χ4v) is 3.58. The third kappa shape index (κ3) is 5.27. The van der Waals surface area contributed by atoms with Crippen molar-refractivity contribution in [3.63, 3.8) is 0 Å². The number of nitrogens with zero attached hydrogens (tertiary/aromatic N) is 3. The Kier molecular flexibility index (Phi) is 6.73.